The Hall–Kier alpha value is -1.09. The fourth-order valence-corrected chi connectivity index (χ4v) is 1.94. The fourth-order valence-electron chi connectivity index (χ4n) is 1.28. The summed E-state index contributed by atoms with van der Waals surface area (Å²) in [5.74, 6) is 0. The SMILES string of the molecule is Cc1ncn(Cc2ccsc2)c1C. The summed E-state index contributed by atoms with van der Waals surface area (Å²) < 4.78 is 2.18. The zero-order valence-electron chi connectivity index (χ0n) is 7.82. The Kier molecular flexibility index (Phi) is 2.19. The summed E-state index contributed by atoms with van der Waals surface area (Å²) in [6.45, 7) is 5.09. The van der Waals surface area contributed by atoms with Crippen LogP contribution in [0.1, 0.15) is 17.0 Å². The van der Waals surface area contributed by atoms with Gasteiger partial charge in [0.1, 0.15) is 0 Å². The van der Waals surface area contributed by atoms with E-state index in [0.717, 1.165) is 12.2 Å². The van der Waals surface area contributed by atoms with Crippen LogP contribution in [0, 0.1) is 13.8 Å². The maximum absolute atomic E-state index is 4.26. The van der Waals surface area contributed by atoms with E-state index in [1.165, 1.54) is 11.3 Å². The van der Waals surface area contributed by atoms with E-state index in [2.05, 4.69) is 33.3 Å². The zero-order valence-corrected chi connectivity index (χ0v) is 8.64. The van der Waals surface area contributed by atoms with Crippen LogP contribution in [-0.4, -0.2) is 9.55 Å². The summed E-state index contributed by atoms with van der Waals surface area (Å²) in [7, 11) is 0. The van der Waals surface area contributed by atoms with Crippen LogP contribution in [0.15, 0.2) is 23.2 Å². The lowest BCUT2D eigenvalue weighted by Crippen LogP contribution is -1.99. The molecular formula is C10H12N2S. The maximum atomic E-state index is 4.26. The highest BCUT2D eigenvalue weighted by Gasteiger charge is 2.02. The number of hydrogen-bond donors (Lipinski definition) is 0. The molecule has 2 aromatic rings. The van der Waals surface area contributed by atoms with Crippen molar-refractivity contribution < 1.29 is 0 Å². The molecule has 0 spiro atoms. The summed E-state index contributed by atoms with van der Waals surface area (Å²) in [6, 6.07) is 2.15. The molecule has 0 N–H and O–H groups in total. The van der Waals surface area contributed by atoms with Crippen LogP contribution in [0.3, 0.4) is 0 Å². The molecule has 13 heavy (non-hydrogen) atoms. The van der Waals surface area contributed by atoms with Gasteiger partial charge in [-0.2, -0.15) is 11.3 Å². The number of rotatable bonds is 2. The van der Waals surface area contributed by atoms with E-state index in [4.69, 9.17) is 0 Å². The molecule has 2 nitrogen and oxygen atoms in total. The van der Waals surface area contributed by atoms with Crippen LogP contribution in [-0.2, 0) is 6.54 Å². The molecule has 0 bridgehead atoms. The Bertz CT molecular complexity index is 387. The maximum Gasteiger partial charge on any atom is 0.0954 e. The topological polar surface area (TPSA) is 17.8 Å². The molecule has 2 rings (SSSR count). The van der Waals surface area contributed by atoms with E-state index in [1.807, 2.05) is 13.3 Å². The van der Waals surface area contributed by atoms with Crippen molar-refractivity contribution in [3.05, 3.63) is 40.1 Å². The quantitative estimate of drug-likeness (QED) is 0.715. The first kappa shape index (κ1) is 8.51. The van der Waals surface area contributed by atoms with Crippen molar-refractivity contribution in [2.45, 2.75) is 20.4 Å². The standard InChI is InChI=1S/C10H12N2S/c1-8-9(2)12(7-11-8)5-10-3-4-13-6-10/h3-4,6-7H,5H2,1-2H3. The fraction of sp³-hybridized carbons (Fsp3) is 0.300. The van der Waals surface area contributed by atoms with Crippen molar-refractivity contribution in [1.82, 2.24) is 9.55 Å². The van der Waals surface area contributed by atoms with Gasteiger partial charge in [-0.25, -0.2) is 4.98 Å². The van der Waals surface area contributed by atoms with E-state index in [1.54, 1.807) is 11.3 Å². The molecule has 0 saturated heterocycles. The molecule has 0 amide bonds. The molecule has 0 aliphatic rings. The number of nitrogens with zero attached hydrogens (tertiary/aromatic N) is 2. The molecule has 0 aromatic carbocycles. The second-order valence-corrected chi connectivity index (χ2v) is 3.95. The lowest BCUT2D eigenvalue weighted by Gasteiger charge is -2.02. The number of aromatic nitrogens is 2. The predicted octanol–water partition coefficient (Wildman–Crippen LogP) is 2.61. The van der Waals surface area contributed by atoms with Gasteiger partial charge in [0.25, 0.3) is 0 Å². The average molecular weight is 192 g/mol. The minimum atomic E-state index is 0.941. The van der Waals surface area contributed by atoms with E-state index in [-0.39, 0.29) is 0 Å². The van der Waals surface area contributed by atoms with Crippen LogP contribution in [0.5, 0.6) is 0 Å². The number of aryl methyl sites for hydroxylation is 1. The molecule has 0 aliphatic carbocycles. The molecular weight excluding hydrogens is 180 g/mol. The second-order valence-electron chi connectivity index (χ2n) is 3.17. The molecule has 0 aliphatic heterocycles. The van der Waals surface area contributed by atoms with Gasteiger partial charge in [0.2, 0.25) is 0 Å². The van der Waals surface area contributed by atoms with Crippen LogP contribution >= 0.6 is 11.3 Å². The Morgan fingerprint density at radius 1 is 1.46 bits per heavy atom. The highest BCUT2D eigenvalue weighted by molar-refractivity contribution is 7.07. The molecule has 2 aromatic heterocycles. The highest BCUT2D eigenvalue weighted by atomic mass is 32.1. The third-order valence-electron chi connectivity index (χ3n) is 2.28. The van der Waals surface area contributed by atoms with Crippen molar-refractivity contribution in [3.63, 3.8) is 0 Å². The number of imidazole rings is 1. The summed E-state index contributed by atoms with van der Waals surface area (Å²) in [6.07, 6.45) is 1.91. The van der Waals surface area contributed by atoms with Gasteiger partial charge in [-0.15, -0.1) is 0 Å². The monoisotopic (exact) mass is 192 g/mol. The molecule has 0 fully saturated rings. The zero-order chi connectivity index (χ0) is 9.26. The van der Waals surface area contributed by atoms with Gasteiger partial charge in [-0.3, -0.25) is 0 Å². The Morgan fingerprint density at radius 3 is 2.85 bits per heavy atom. The van der Waals surface area contributed by atoms with Crippen molar-refractivity contribution in [1.29, 1.82) is 0 Å². The molecule has 2 heterocycles. The third-order valence-corrected chi connectivity index (χ3v) is 3.01. The lowest BCUT2D eigenvalue weighted by atomic mass is 10.3. The van der Waals surface area contributed by atoms with E-state index >= 15 is 0 Å². The largest absolute Gasteiger partial charge is 0.330 e. The first-order chi connectivity index (χ1) is 6.27. The van der Waals surface area contributed by atoms with Crippen LogP contribution in [0.2, 0.25) is 0 Å². The minimum Gasteiger partial charge on any atom is -0.330 e. The summed E-state index contributed by atoms with van der Waals surface area (Å²) in [5.41, 5.74) is 3.73. The van der Waals surface area contributed by atoms with Crippen molar-refractivity contribution in [3.8, 4) is 0 Å². The van der Waals surface area contributed by atoms with E-state index < -0.39 is 0 Å². The van der Waals surface area contributed by atoms with Crippen LogP contribution in [0.4, 0.5) is 0 Å². The summed E-state index contributed by atoms with van der Waals surface area (Å²) in [4.78, 5) is 4.26. The van der Waals surface area contributed by atoms with Crippen LogP contribution in [0.25, 0.3) is 0 Å². The average Bonchev–Trinajstić information content (AvgIpc) is 2.71. The number of hydrogen-bond acceptors (Lipinski definition) is 2. The molecule has 3 heteroatoms. The summed E-state index contributed by atoms with van der Waals surface area (Å²) >= 11 is 1.74. The first-order valence-electron chi connectivity index (χ1n) is 4.27. The molecule has 68 valence electrons. The van der Waals surface area contributed by atoms with Gasteiger partial charge in [0.15, 0.2) is 0 Å². The van der Waals surface area contributed by atoms with Crippen molar-refractivity contribution in [2.75, 3.05) is 0 Å². The first-order valence-corrected chi connectivity index (χ1v) is 5.21. The van der Waals surface area contributed by atoms with Crippen LogP contribution < -0.4 is 0 Å². The van der Waals surface area contributed by atoms with Gasteiger partial charge < -0.3 is 4.57 Å². The second kappa shape index (κ2) is 3.34. The van der Waals surface area contributed by atoms with Gasteiger partial charge in [0.05, 0.1) is 12.0 Å². The smallest absolute Gasteiger partial charge is 0.0954 e. The summed E-state index contributed by atoms with van der Waals surface area (Å²) in [5, 5.41) is 4.28. The Morgan fingerprint density at radius 2 is 2.31 bits per heavy atom. The van der Waals surface area contributed by atoms with Gasteiger partial charge >= 0.3 is 0 Å². The Balaban J connectivity index is 2.24. The van der Waals surface area contributed by atoms with E-state index in [0.29, 0.717) is 0 Å². The highest BCUT2D eigenvalue weighted by Crippen LogP contribution is 2.11. The lowest BCUT2D eigenvalue weighted by molar-refractivity contribution is 0.771. The van der Waals surface area contributed by atoms with Gasteiger partial charge in [-0.05, 0) is 36.2 Å². The molecule has 0 unspecified atom stereocenters. The molecule has 0 saturated carbocycles. The van der Waals surface area contributed by atoms with Gasteiger partial charge in [-0.1, -0.05) is 0 Å². The molecule has 0 radical (unpaired) electrons. The van der Waals surface area contributed by atoms with Crippen molar-refractivity contribution in [2.24, 2.45) is 0 Å². The van der Waals surface area contributed by atoms with Crippen molar-refractivity contribution >= 4 is 11.3 Å². The third kappa shape index (κ3) is 1.65. The molecule has 0 atom stereocenters. The number of thiophene rings is 1. The normalized spacial score (nSPS) is 10.6. The Labute approximate surface area is 81.9 Å². The van der Waals surface area contributed by atoms with E-state index in [9.17, 15) is 0 Å². The predicted molar refractivity (Wildman–Crippen MR) is 55.1 cm³/mol. The van der Waals surface area contributed by atoms with Gasteiger partial charge in [0, 0.05) is 12.2 Å². The minimum absolute atomic E-state index is 0.941.